The highest BCUT2D eigenvalue weighted by Gasteiger charge is 2.32. The van der Waals surface area contributed by atoms with Crippen LogP contribution in [0.2, 0.25) is 10.0 Å². The Morgan fingerprint density at radius 1 is 1.02 bits per heavy atom. The second kappa shape index (κ2) is 14.6. The number of allylic oxidation sites excluding steroid dienone is 1. The van der Waals surface area contributed by atoms with Crippen LogP contribution in [-0.2, 0) is 11.4 Å². The van der Waals surface area contributed by atoms with Gasteiger partial charge < -0.3 is 19.5 Å². The number of halogens is 3. The van der Waals surface area contributed by atoms with Crippen molar-refractivity contribution < 1.29 is 19.0 Å². The largest absolute Gasteiger partial charge is 0.497 e. The number of fused-ring (bicyclic) bond motifs is 1. The molecule has 0 saturated carbocycles. The molecule has 1 aliphatic rings. The van der Waals surface area contributed by atoms with Gasteiger partial charge in [0.05, 0.1) is 39.6 Å². The van der Waals surface area contributed by atoms with Gasteiger partial charge in [0.25, 0.3) is 11.5 Å². The molecule has 1 aliphatic heterocycles. The molecule has 2 heterocycles. The van der Waals surface area contributed by atoms with Crippen LogP contribution in [0.25, 0.3) is 6.08 Å². The molecule has 0 radical (unpaired) electrons. The number of aromatic nitrogens is 1. The van der Waals surface area contributed by atoms with Gasteiger partial charge in [0.15, 0.2) is 16.3 Å². The first-order valence-electron chi connectivity index (χ1n) is 14.6. The lowest BCUT2D eigenvalue weighted by Gasteiger charge is -2.25. The molecule has 8 nitrogen and oxygen atoms in total. The normalized spacial score (nSPS) is 14.3. The summed E-state index contributed by atoms with van der Waals surface area (Å²) in [5.74, 6) is 1.37. The third-order valence-corrected chi connectivity index (χ3v) is 10.0. The van der Waals surface area contributed by atoms with Crippen molar-refractivity contribution in [2.75, 3.05) is 19.5 Å². The summed E-state index contributed by atoms with van der Waals surface area (Å²) in [6.07, 6.45) is 1.79. The summed E-state index contributed by atoms with van der Waals surface area (Å²) >= 11 is 15.8. The molecule has 0 bridgehead atoms. The number of hydrogen-bond acceptors (Lipinski definition) is 7. The first-order valence-corrected chi connectivity index (χ1v) is 17.3. The van der Waals surface area contributed by atoms with Crippen molar-refractivity contribution in [2.45, 2.75) is 19.6 Å². The van der Waals surface area contributed by atoms with Crippen LogP contribution in [0.4, 0.5) is 5.69 Å². The van der Waals surface area contributed by atoms with Crippen LogP contribution in [0.1, 0.15) is 29.7 Å². The zero-order valence-corrected chi connectivity index (χ0v) is 30.4. The van der Waals surface area contributed by atoms with Gasteiger partial charge >= 0.3 is 0 Å². The number of hydrogen-bond donors (Lipinski definition) is 1. The number of thiazole rings is 1. The molecule has 12 heteroatoms. The molecule has 0 spiro atoms. The van der Waals surface area contributed by atoms with Crippen molar-refractivity contribution in [1.29, 1.82) is 0 Å². The first-order chi connectivity index (χ1) is 23.2. The van der Waals surface area contributed by atoms with Gasteiger partial charge in [-0.3, -0.25) is 14.2 Å². The zero-order chi connectivity index (χ0) is 33.9. The number of benzene rings is 4. The van der Waals surface area contributed by atoms with Crippen molar-refractivity contribution in [2.24, 2.45) is 4.99 Å². The van der Waals surface area contributed by atoms with E-state index in [1.54, 1.807) is 43.9 Å². The van der Waals surface area contributed by atoms with E-state index in [1.807, 2.05) is 72.8 Å². The molecule has 1 atom stereocenters. The van der Waals surface area contributed by atoms with E-state index in [1.165, 1.54) is 11.3 Å². The summed E-state index contributed by atoms with van der Waals surface area (Å²) in [5.41, 5.74) is 3.52. The molecule has 6 rings (SSSR count). The molecule has 1 N–H and O–H groups in total. The average molecular weight is 813 g/mol. The number of methoxy groups -OCH3 is 2. The quantitative estimate of drug-likeness (QED) is 0.157. The first kappa shape index (κ1) is 33.8. The van der Waals surface area contributed by atoms with Gasteiger partial charge in [-0.05, 0) is 95.2 Å². The second-order valence-electron chi connectivity index (χ2n) is 10.7. The molecule has 244 valence electrons. The Kier molecular flexibility index (Phi) is 10.3. The van der Waals surface area contributed by atoms with E-state index in [2.05, 4.69) is 27.9 Å². The van der Waals surface area contributed by atoms with E-state index >= 15 is 0 Å². The highest BCUT2D eigenvalue weighted by atomic mass is 127. The minimum atomic E-state index is -0.719. The number of para-hydroxylation sites is 1. The molecule has 0 saturated heterocycles. The van der Waals surface area contributed by atoms with Gasteiger partial charge in [0.1, 0.15) is 12.4 Å². The van der Waals surface area contributed by atoms with Gasteiger partial charge in [0, 0.05) is 21.3 Å². The summed E-state index contributed by atoms with van der Waals surface area (Å²) in [6.45, 7) is 2.00. The predicted molar refractivity (Wildman–Crippen MR) is 198 cm³/mol. The molecule has 1 aromatic heterocycles. The lowest BCUT2D eigenvalue weighted by atomic mass is 9.95. The molecule has 4 aromatic carbocycles. The maximum atomic E-state index is 14.2. The van der Waals surface area contributed by atoms with Crippen LogP contribution in [0.3, 0.4) is 0 Å². The number of carbonyl (C=O) groups excluding carboxylic acids is 1. The fourth-order valence-corrected chi connectivity index (χ4v) is 7.63. The molecular formula is C36H28Cl2IN3O5S. The van der Waals surface area contributed by atoms with E-state index in [0.29, 0.717) is 53.6 Å². The van der Waals surface area contributed by atoms with Gasteiger partial charge in [-0.2, -0.15) is 0 Å². The summed E-state index contributed by atoms with van der Waals surface area (Å²) in [5, 5.41) is 4.02. The SMILES string of the molecule is COc1ccc([C@H]2C(C(=O)Nc3ccccc3)=C(C)N=c3s/c(=C/c4cc(I)c(OCc5ccc(Cl)cc5Cl)c(OC)c4)c(=O)n32)cc1. The van der Waals surface area contributed by atoms with Crippen LogP contribution >= 0.6 is 57.1 Å². The summed E-state index contributed by atoms with van der Waals surface area (Å²) < 4.78 is 20.0. The standard InChI is InChI=1S/C36H28Cl2IN3O5S/c1-20-31(34(43)41-25-7-5-4-6-8-25)32(22-10-13-26(45-2)14-11-22)42-35(44)30(48-36(42)40-20)17-21-15-28(39)33(29(16-21)46-3)47-19-23-9-12-24(37)18-27(23)38/h4-18,32H,19H2,1-3H3,(H,41,43)/b30-17+/t32-/m0/s1. The summed E-state index contributed by atoms with van der Waals surface area (Å²) in [6, 6.07) is 24.8. The Bertz CT molecular complexity index is 2240. The fourth-order valence-electron chi connectivity index (χ4n) is 5.34. The van der Waals surface area contributed by atoms with Crippen LogP contribution in [0, 0.1) is 3.57 Å². The van der Waals surface area contributed by atoms with Crippen molar-refractivity contribution >= 4 is 74.8 Å². The van der Waals surface area contributed by atoms with Crippen LogP contribution in [0.5, 0.6) is 17.2 Å². The maximum absolute atomic E-state index is 14.2. The molecule has 0 unspecified atom stereocenters. The van der Waals surface area contributed by atoms with E-state index in [9.17, 15) is 9.59 Å². The van der Waals surface area contributed by atoms with Crippen molar-refractivity contribution in [3.05, 3.63) is 146 Å². The Labute approximate surface area is 304 Å². The Morgan fingerprint density at radius 2 is 1.77 bits per heavy atom. The third-order valence-electron chi connectivity index (χ3n) is 7.67. The van der Waals surface area contributed by atoms with E-state index < -0.39 is 6.04 Å². The van der Waals surface area contributed by atoms with Crippen LogP contribution in [-0.4, -0.2) is 24.7 Å². The molecular weight excluding hydrogens is 784 g/mol. The highest BCUT2D eigenvalue weighted by Crippen LogP contribution is 2.36. The number of rotatable bonds is 9. The van der Waals surface area contributed by atoms with Crippen molar-refractivity contribution in [3.8, 4) is 17.2 Å². The highest BCUT2D eigenvalue weighted by molar-refractivity contribution is 14.1. The van der Waals surface area contributed by atoms with E-state index in [-0.39, 0.29) is 18.1 Å². The maximum Gasteiger partial charge on any atom is 0.271 e. The lowest BCUT2D eigenvalue weighted by molar-refractivity contribution is -0.113. The number of nitrogens with zero attached hydrogens (tertiary/aromatic N) is 2. The van der Waals surface area contributed by atoms with Gasteiger partial charge in [-0.1, -0.05) is 70.9 Å². The number of carbonyl (C=O) groups is 1. The Balaban J connectivity index is 1.40. The van der Waals surface area contributed by atoms with Crippen molar-refractivity contribution in [1.82, 2.24) is 4.57 Å². The monoisotopic (exact) mass is 811 g/mol. The number of ether oxygens (including phenoxy) is 3. The number of amides is 1. The fraction of sp³-hybridized carbons (Fsp3) is 0.139. The predicted octanol–water partition coefficient (Wildman–Crippen LogP) is 7.38. The van der Waals surface area contributed by atoms with Crippen LogP contribution in [0.15, 0.2) is 106 Å². The molecule has 5 aromatic rings. The Morgan fingerprint density at radius 3 is 2.46 bits per heavy atom. The third kappa shape index (κ3) is 7.02. The van der Waals surface area contributed by atoms with Gasteiger partial charge in [0.2, 0.25) is 0 Å². The summed E-state index contributed by atoms with van der Waals surface area (Å²) in [7, 11) is 3.15. The second-order valence-corrected chi connectivity index (χ2v) is 13.7. The summed E-state index contributed by atoms with van der Waals surface area (Å²) in [4.78, 5) is 33.2. The smallest absolute Gasteiger partial charge is 0.271 e. The molecule has 0 fully saturated rings. The number of nitrogens with one attached hydrogen (secondary N) is 1. The topological polar surface area (TPSA) is 91.2 Å². The van der Waals surface area contributed by atoms with Crippen molar-refractivity contribution in [3.63, 3.8) is 0 Å². The molecule has 1 amide bonds. The van der Waals surface area contributed by atoms with Gasteiger partial charge in [-0.15, -0.1) is 0 Å². The van der Waals surface area contributed by atoms with E-state index in [4.69, 9.17) is 42.4 Å². The van der Waals surface area contributed by atoms with Gasteiger partial charge in [-0.25, -0.2) is 4.99 Å². The average Bonchev–Trinajstić information content (AvgIpc) is 3.38. The number of anilines is 1. The minimum absolute atomic E-state index is 0.213. The van der Waals surface area contributed by atoms with E-state index in [0.717, 1.165) is 20.3 Å². The zero-order valence-electron chi connectivity index (χ0n) is 25.9. The minimum Gasteiger partial charge on any atom is -0.497 e. The molecule has 48 heavy (non-hydrogen) atoms. The Hall–Kier alpha value is -4.10. The lowest BCUT2D eigenvalue weighted by Crippen LogP contribution is -2.40. The van der Waals surface area contributed by atoms with Crippen LogP contribution < -0.4 is 34.4 Å². The molecule has 0 aliphatic carbocycles.